The summed E-state index contributed by atoms with van der Waals surface area (Å²) in [6, 6.07) is 15.3. The Morgan fingerprint density at radius 1 is 1.06 bits per heavy atom. The minimum atomic E-state index is -0.158. The predicted octanol–water partition coefficient (Wildman–Crippen LogP) is 2.36. The highest BCUT2D eigenvalue weighted by atomic mass is 16.5. The fourth-order valence-electron chi connectivity index (χ4n) is 4.23. The van der Waals surface area contributed by atoms with Gasteiger partial charge in [0.1, 0.15) is 5.75 Å². The highest BCUT2D eigenvalue weighted by molar-refractivity contribution is 6.00. The first-order valence-corrected chi connectivity index (χ1v) is 11.5. The van der Waals surface area contributed by atoms with Gasteiger partial charge in [0.05, 0.1) is 25.3 Å². The van der Waals surface area contributed by atoms with Gasteiger partial charge in [-0.15, -0.1) is 0 Å². The zero-order chi connectivity index (χ0) is 23.0. The van der Waals surface area contributed by atoms with Gasteiger partial charge in [0.2, 0.25) is 5.91 Å². The molecule has 2 aliphatic rings. The van der Waals surface area contributed by atoms with E-state index in [0.29, 0.717) is 30.9 Å². The molecule has 2 saturated heterocycles. The van der Waals surface area contributed by atoms with Gasteiger partial charge in [-0.2, -0.15) is 0 Å². The van der Waals surface area contributed by atoms with Crippen molar-refractivity contribution >= 4 is 23.2 Å². The Bertz CT molecular complexity index is 936. The van der Waals surface area contributed by atoms with Crippen LogP contribution < -0.4 is 20.3 Å². The largest absolute Gasteiger partial charge is 0.497 e. The van der Waals surface area contributed by atoms with E-state index >= 15 is 0 Å². The van der Waals surface area contributed by atoms with E-state index in [4.69, 9.17) is 9.47 Å². The molecule has 4 rings (SSSR count). The zero-order valence-electron chi connectivity index (χ0n) is 19.1. The van der Waals surface area contributed by atoms with Gasteiger partial charge in [0.15, 0.2) is 0 Å². The predicted molar refractivity (Wildman–Crippen MR) is 128 cm³/mol. The Kier molecular flexibility index (Phi) is 7.67. The summed E-state index contributed by atoms with van der Waals surface area (Å²) in [6.45, 7) is 4.30. The van der Waals surface area contributed by atoms with E-state index in [0.717, 1.165) is 44.0 Å². The first-order valence-electron chi connectivity index (χ1n) is 11.5. The average Bonchev–Trinajstić information content (AvgIpc) is 3.40. The van der Waals surface area contributed by atoms with Crippen molar-refractivity contribution in [2.24, 2.45) is 0 Å². The lowest BCUT2D eigenvalue weighted by molar-refractivity contribution is -0.129. The number of rotatable bonds is 8. The van der Waals surface area contributed by atoms with Crippen LogP contribution >= 0.6 is 0 Å². The van der Waals surface area contributed by atoms with Crippen LogP contribution in [0, 0.1) is 0 Å². The van der Waals surface area contributed by atoms with Crippen LogP contribution in [0.25, 0.3) is 0 Å². The van der Waals surface area contributed by atoms with Crippen LogP contribution in [-0.4, -0.2) is 75.8 Å². The number of amides is 2. The summed E-state index contributed by atoms with van der Waals surface area (Å²) in [5, 5.41) is 6.11. The summed E-state index contributed by atoms with van der Waals surface area (Å²) in [5.74, 6) is 0.701. The second kappa shape index (κ2) is 11.0. The third kappa shape index (κ3) is 5.96. The number of para-hydroxylation sites is 1. The number of hydrogen-bond donors (Lipinski definition) is 2. The van der Waals surface area contributed by atoms with Crippen molar-refractivity contribution in [3.63, 3.8) is 0 Å². The Labute approximate surface area is 194 Å². The number of ether oxygens (including phenoxy) is 2. The SMILES string of the molecule is COc1ccc(N2CCN(C(=O)CNc3ccccc3C(=O)NC[C@H]3CCCO3)CC2)cc1. The molecule has 2 heterocycles. The average molecular weight is 453 g/mol. The molecule has 2 aromatic rings. The van der Waals surface area contributed by atoms with Crippen molar-refractivity contribution < 1.29 is 19.1 Å². The standard InChI is InChI=1S/C25H32N4O4/c1-32-20-10-8-19(9-11-20)28-12-14-29(15-13-28)24(30)18-26-23-7-3-2-6-22(23)25(31)27-17-21-5-4-16-33-21/h2-3,6-11,21,26H,4-5,12-18H2,1H3,(H,27,31)/t21-/m1/s1. The van der Waals surface area contributed by atoms with Crippen LogP contribution in [0.3, 0.4) is 0 Å². The lowest BCUT2D eigenvalue weighted by atomic mass is 10.1. The summed E-state index contributed by atoms with van der Waals surface area (Å²) in [6.07, 6.45) is 2.10. The van der Waals surface area contributed by atoms with Crippen molar-refractivity contribution in [2.75, 3.05) is 63.2 Å². The molecule has 0 bridgehead atoms. The smallest absolute Gasteiger partial charge is 0.253 e. The van der Waals surface area contributed by atoms with Crippen LogP contribution in [-0.2, 0) is 9.53 Å². The maximum Gasteiger partial charge on any atom is 0.253 e. The van der Waals surface area contributed by atoms with Crippen LogP contribution in [0.4, 0.5) is 11.4 Å². The Hall–Kier alpha value is -3.26. The highest BCUT2D eigenvalue weighted by Crippen LogP contribution is 2.21. The van der Waals surface area contributed by atoms with Crippen LogP contribution in [0.5, 0.6) is 5.75 Å². The number of methoxy groups -OCH3 is 1. The van der Waals surface area contributed by atoms with Gasteiger partial charge in [-0.1, -0.05) is 12.1 Å². The first-order chi connectivity index (χ1) is 16.1. The van der Waals surface area contributed by atoms with Crippen LogP contribution in [0.1, 0.15) is 23.2 Å². The van der Waals surface area contributed by atoms with Crippen molar-refractivity contribution in [1.29, 1.82) is 0 Å². The van der Waals surface area contributed by atoms with Gasteiger partial charge in [-0.25, -0.2) is 0 Å². The molecule has 8 nitrogen and oxygen atoms in total. The first kappa shape index (κ1) is 22.9. The van der Waals surface area contributed by atoms with Gasteiger partial charge in [-0.3, -0.25) is 9.59 Å². The fraction of sp³-hybridized carbons (Fsp3) is 0.440. The topological polar surface area (TPSA) is 83.1 Å². The van der Waals surface area contributed by atoms with E-state index in [2.05, 4.69) is 15.5 Å². The molecule has 0 unspecified atom stereocenters. The van der Waals surface area contributed by atoms with Gasteiger partial charge < -0.3 is 29.9 Å². The maximum absolute atomic E-state index is 12.8. The summed E-state index contributed by atoms with van der Waals surface area (Å²) < 4.78 is 10.8. The summed E-state index contributed by atoms with van der Waals surface area (Å²) in [5.41, 5.74) is 2.32. The van der Waals surface area contributed by atoms with E-state index < -0.39 is 0 Å². The highest BCUT2D eigenvalue weighted by Gasteiger charge is 2.22. The van der Waals surface area contributed by atoms with E-state index in [1.165, 1.54) is 0 Å². The molecule has 0 saturated carbocycles. The maximum atomic E-state index is 12.8. The molecule has 2 aliphatic heterocycles. The monoisotopic (exact) mass is 452 g/mol. The quantitative estimate of drug-likeness (QED) is 0.640. The molecule has 0 aliphatic carbocycles. The number of nitrogens with one attached hydrogen (secondary N) is 2. The Morgan fingerprint density at radius 3 is 2.52 bits per heavy atom. The van der Waals surface area contributed by atoms with E-state index in [9.17, 15) is 9.59 Å². The lowest BCUT2D eigenvalue weighted by Crippen LogP contribution is -2.50. The van der Waals surface area contributed by atoms with E-state index in [1.807, 2.05) is 47.4 Å². The van der Waals surface area contributed by atoms with Gasteiger partial charge in [0.25, 0.3) is 5.91 Å². The molecule has 8 heteroatoms. The number of anilines is 2. The molecule has 0 aromatic heterocycles. The summed E-state index contributed by atoms with van der Waals surface area (Å²) in [7, 11) is 1.66. The minimum Gasteiger partial charge on any atom is -0.497 e. The number of piperazine rings is 1. The number of carbonyl (C=O) groups excluding carboxylic acids is 2. The van der Waals surface area contributed by atoms with Gasteiger partial charge >= 0.3 is 0 Å². The molecule has 2 amide bonds. The van der Waals surface area contributed by atoms with E-state index in [1.54, 1.807) is 13.2 Å². The van der Waals surface area contributed by atoms with Crippen LogP contribution in [0.15, 0.2) is 48.5 Å². The molecule has 0 spiro atoms. The van der Waals surface area contributed by atoms with Crippen molar-refractivity contribution in [1.82, 2.24) is 10.2 Å². The van der Waals surface area contributed by atoms with Crippen molar-refractivity contribution in [3.05, 3.63) is 54.1 Å². The Morgan fingerprint density at radius 2 is 1.82 bits per heavy atom. The van der Waals surface area contributed by atoms with Crippen molar-refractivity contribution in [3.8, 4) is 5.75 Å². The number of hydrogen-bond acceptors (Lipinski definition) is 6. The number of carbonyl (C=O) groups is 2. The molecule has 176 valence electrons. The summed E-state index contributed by atoms with van der Waals surface area (Å²) in [4.78, 5) is 29.6. The minimum absolute atomic E-state index is 0.0268. The third-order valence-corrected chi connectivity index (χ3v) is 6.19. The summed E-state index contributed by atoms with van der Waals surface area (Å²) >= 11 is 0. The number of benzene rings is 2. The fourth-order valence-corrected chi connectivity index (χ4v) is 4.23. The molecule has 2 fully saturated rings. The molecular formula is C25H32N4O4. The van der Waals surface area contributed by atoms with Gasteiger partial charge in [0, 0.05) is 50.7 Å². The second-order valence-electron chi connectivity index (χ2n) is 8.31. The van der Waals surface area contributed by atoms with Crippen LogP contribution in [0.2, 0.25) is 0 Å². The lowest BCUT2D eigenvalue weighted by Gasteiger charge is -2.36. The molecule has 2 N–H and O–H groups in total. The molecule has 1 atom stereocenters. The number of nitrogens with zero attached hydrogens (tertiary/aromatic N) is 2. The molecule has 0 radical (unpaired) electrons. The van der Waals surface area contributed by atoms with Gasteiger partial charge in [-0.05, 0) is 49.2 Å². The molecule has 2 aromatic carbocycles. The zero-order valence-corrected chi connectivity index (χ0v) is 19.1. The molecular weight excluding hydrogens is 420 g/mol. The normalized spacial score (nSPS) is 18.2. The van der Waals surface area contributed by atoms with Crippen molar-refractivity contribution in [2.45, 2.75) is 18.9 Å². The Balaban J connectivity index is 1.26. The second-order valence-corrected chi connectivity index (χ2v) is 8.31. The van der Waals surface area contributed by atoms with E-state index in [-0.39, 0.29) is 24.5 Å². The molecule has 33 heavy (non-hydrogen) atoms. The third-order valence-electron chi connectivity index (χ3n) is 6.19.